The smallest absolute Gasteiger partial charge is 0.271 e. The van der Waals surface area contributed by atoms with Crippen LogP contribution in [0.1, 0.15) is 23.6 Å². The van der Waals surface area contributed by atoms with E-state index in [4.69, 9.17) is 9.73 Å². The minimum Gasteiger partial charge on any atom is -0.504 e. The van der Waals surface area contributed by atoms with Gasteiger partial charge in [0.25, 0.3) is 5.91 Å². The molecule has 1 fully saturated rings. The van der Waals surface area contributed by atoms with Crippen molar-refractivity contribution in [3.8, 4) is 11.5 Å². The predicted molar refractivity (Wildman–Crippen MR) is 132 cm³/mol. The predicted octanol–water partition coefficient (Wildman–Crippen LogP) is 6.22. The monoisotopic (exact) mass is 444 g/mol. The number of aliphatic imine (C=N–C) groups is 1. The van der Waals surface area contributed by atoms with Crippen molar-refractivity contribution in [1.29, 1.82) is 0 Å². The lowest BCUT2D eigenvalue weighted by molar-refractivity contribution is -0.113. The minimum atomic E-state index is -0.183. The average molecular weight is 445 g/mol. The van der Waals surface area contributed by atoms with Gasteiger partial charge in [-0.25, -0.2) is 4.99 Å². The number of nitrogens with zero attached hydrogens (tertiary/aromatic N) is 2. The molecule has 0 bridgehead atoms. The van der Waals surface area contributed by atoms with Crippen LogP contribution < -0.4 is 9.64 Å². The molecule has 0 aliphatic carbocycles. The van der Waals surface area contributed by atoms with E-state index in [1.807, 2.05) is 69.3 Å². The Bertz CT molecular complexity index is 1230. The number of amidine groups is 1. The maximum Gasteiger partial charge on any atom is 0.271 e. The second-order valence-corrected chi connectivity index (χ2v) is 8.35. The number of carbonyl (C=O) groups is 1. The van der Waals surface area contributed by atoms with Crippen LogP contribution in [0.15, 0.2) is 76.6 Å². The van der Waals surface area contributed by atoms with E-state index in [-0.39, 0.29) is 11.7 Å². The number of phenolic OH excluding ortho intramolecular Hbond substituents is 1. The van der Waals surface area contributed by atoms with Crippen LogP contribution in [0.4, 0.5) is 11.4 Å². The lowest BCUT2D eigenvalue weighted by Gasteiger charge is -2.18. The Kier molecular flexibility index (Phi) is 6.32. The molecule has 0 atom stereocenters. The van der Waals surface area contributed by atoms with Crippen LogP contribution in [0.3, 0.4) is 0 Å². The van der Waals surface area contributed by atoms with Crippen molar-refractivity contribution >= 4 is 40.3 Å². The molecule has 1 amide bonds. The number of rotatable bonds is 5. The van der Waals surface area contributed by atoms with Crippen LogP contribution >= 0.6 is 11.8 Å². The van der Waals surface area contributed by atoms with E-state index in [1.165, 1.54) is 11.8 Å². The Morgan fingerprint density at radius 1 is 1.00 bits per heavy atom. The summed E-state index contributed by atoms with van der Waals surface area (Å²) in [6, 6.07) is 20.8. The van der Waals surface area contributed by atoms with E-state index in [9.17, 15) is 9.90 Å². The summed E-state index contributed by atoms with van der Waals surface area (Å²) in [6.45, 7) is 6.26. The molecular weight excluding hydrogens is 420 g/mol. The topological polar surface area (TPSA) is 62.1 Å². The lowest BCUT2D eigenvalue weighted by Crippen LogP contribution is -2.29. The molecule has 0 saturated carbocycles. The number of amides is 1. The van der Waals surface area contributed by atoms with Gasteiger partial charge in [0.15, 0.2) is 16.7 Å². The first-order valence-electron chi connectivity index (χ1n) is 10.4. The van der Waals surface area contributed by atoms with Crippen molar-refractivity contribution in [2.45, 2.75) is 20.8 Å². The number of aromatic hydroxyl groups is 1. The first kappa shape index (κ1) is 21.7. The Hall–Kier alpha value is -3.51. The second-order valence-electron chi connectivity index (χ2n) is 7.35. The highest BCUT2D eigenvalue weighted by Crippen LogP contribution is 2.40. The molecule has 1 N–H and O–H groups in total. The Labute approximate surface area is 192 Å². The summed E-state index contributed by atoms with van der Waals surface area (Å²) in [5.74, 6) is 0.224. The highest BCUT2D eigenvalue weighted by atomic mass is 32.2. The zero-order chi connectivity index (χ0) is 22.7. The third-order valence-corrected chi connectivity index (χ3v) is 6.08. The highest BCUT2D eigenvalue weighted by Gasteiger charge is 2.35. The van der Waals surface area contributed by atoms with Gasteiger partial charge in [-0.15, -0.1) is 0 Å². The molecule has 0 unspecified atom stereocenters. The van der Waals surface area contributed by atoms with Gasteiger partial charge in [0.2, 0.25) is 0 Å². The van der Waals surface area contributed by atoms with E-state index in [0.29, 0.717) is 28.0 Å². The third-order valence-electron chi connectivity index (χ3n) is 5.11. The highest BCUT2D eigenvalue weighted by molar-refractivity contribution is 8.19. The molecule has 32 heavy (non-hydrogen) atoms. The summed E-state index contributed by atoms with van der Waals surface area (Å²) < 4.78 is 5.48. The van der Waals surface area contributed by atoms with E-state index in [0.717, 1.165) is 22.5 Å². The van der Waals surface area contributed by atoms with E-state index in [1.54, 1.807) is 29.2 Å². The van der Waals surface area contributed by atoms with Gasteiger partial charge < -0.3 is 9.84 Å². The number of anilines is 1. The van der Waals surface area contributed by atoms with Gasteiger partial charge >= 0.3 is 0 Å². The summed E-state index contributed by atoms with van der Waals surface area (Å²) in [6.07, 6.45) is 1.69. The van der Waals surface area contributed by atoms with Gasteiger partial charge in [-0.2, -0.15) is 0 Å². The minimum absolute atomic E-state index is 0.0157. The van der Waals surface area contributed by atoms with Gasteiger partial charge in [-0.3, -0.25) is 9.69 Å². The van der Waals surface area contributed by atoms with Crippen LogP contribution in [-0.4, -0.2) is 22.8 Å². The fraction of sp³-hybridized carbons (Fsp3) is 0.154. The number of carbonyl (C=O) groups excluding carboxylic acids is 1. The largest absolute Gasteiger partial charge is 0.504 e. The SMILES string of the molecule is CCOc1cccc(/C=C2\SC(=Nc3ccccc3C)N(c3ccccc3C)C2=O)c1O. The molecule has 0 spiro atoms. The third kappa shape index (κ3) is 4.27. The molecule has 5 nitrogen and oxygen atoms in total. The van der Waals surface area contributed by atoms with E-state index < -0.39 is 0 Å². The zero-order valence-electron chi connectivity index (χ0n) is 18.2. The number of hydrogen-bond acceptors (Lipinski definition) is 5. The molecule has 1 heterocycles. The fourth-order valence-corrected chi connectivity index (χ4v) is 4.41. The number of benzene rings is 3. The van der Waals surface area contributed by atoms with Gasteiger partial charge in [0.05, 0.1) is 22.9 Å². The van der Waals surface area contributed by atoms with E-state index >= 15 is 0 Å². The van der Waals surface area contributed by atoms with E-state index in [2.05, 4.69) is 0 Å². The molecular formula is C26H24N2O3S. The van der Waals surface area contributed by atoms with Crippen LogP contribution in [0.25, 0.3) is 6.08 Å². The summed E-state index contributed by atoms with van der Waals surface area (Å²) in [5.41, 5.74) is 4.11. The fourth-order valence-electron chi connectivity index (χ4n) is 3.44. The molecule has 0 aromatic heterocycles. The number of ether oxygens (including phenoxy) is 1. The molecule has 3 aromatic carbocycles. The van der Waals surface area contributed by atoms with Crippen LogP contribution in [0.2, 0.25) is 0 Å². The number of thioether (sulfide) groups is 1. The Morgan fingerprint density at radius 3 is 2.44 bits per heavy atom. The standard InChI is InChI=1S/C26H24N2O3S/c1-4-31-22-15-9-12-19(24(22)29)16-23-25(30)28(21-14-8-6-11-18(21)3)26(32-23)27-20-13-7-5-10-17(20)2/h5-16,29H,4H2,1-3H3/b23-16-,27-26?. The molecule has 3 aromatic rings. The van der Waals surface area contributed by atoms with Crippen molar-refractivity contribution in [2.75, 3.05) is 11.5 Å². The Morgan fingerprint density at radius 2 is 1.72 bits per heavy atom. The van der Waals surface area contributed by atoms with Crippen molar-refractivity contribution in [3.05, 3.63) is 88.3 Å². The van der Waals surface area contributed by atoms with Gasteiger partial charge in [0.1, 0.15) is 0 Å². The number of aryl methyl sites for hydroxylation is 2. The lowest BCUT2D eigenvalue weighted by atomic mass is 10.1. The average Bonchev–Trinajstić information content (AvgIpc) is 3.08. The zero-order valence-corrected chi connectivity index (χ0v) is 19.0. The molecule has 1 aliphatic rings. The maximum atomic E-state index is 13.5. The van der Waals surface area contributed by atoms with Gasteiger partial charge in [-0.05, 0) is 67.9 Å². The second kappa shape index (κ2) is 9.32. The van der Waals surface area contributed by atoms with Crippen molar-refractivity contribution in [1.82, 2.24) is 0 Å². The van der Waals surface area contributed by atoms with Crippen LogP contribution in [0, 0.1) is 13.8 Å². The van der Waals surface area contributed by atoms with Crippen LogP contribution in [-0.2, 0) is 4.79 Å². The summed E-state index contributed by atoms with van der Waals surface area (Å²) in [7, 11) is 0. The van der Waals surface area contributed by atoms with Crippen molar-refractivity contribution in [3.63, 3.8) is 0 Å². The molecule has 4 rings (SSSR count). The van der Waals surface area contributed by atoms with Crippen LogP contribution in [0.5, 0.6) is 11.5 Å². The maximum absolute atomic E-state index is 13.5. The quantitative estimate of drug-likeness (QED) is 0.475. The number of para-hydroxylation sites is 3. The first-order chi connectivity index (χ1) is 15.5. The normalized spacial score (nSPS) is 16.2. The molecule has 1 aliphatic heterocycles. The summed E-state index contributed by atoms with van der Waals surface area (Å²) in [5, 5.41) is 11.2. The van der Waals surface area contributed by atoms with Gasteiger partial charge in [0, 0.05) is 5.56 Å². The summed E-state index contributed by atoms with van der Waals surface area (Å²) in [4.78, 5) is 20.5. The van der Waals surface area contributed by atoms with Crippen molar-refractivity contribution in [2.24, 2.45) is 4.99 Å². The number of hydrogen-bond donors (Lipinski definition) is 1. The Balaban J connectivity index is 1.82. The molecule has 6 heteroatoms. The molecule has 162 valence electrons. The first-order valence-corrected chi connectivity index (χ1v) is 11.2. The van der Waals surface area contributed by atoms with Gasteiger partial charge in [-0.1, -0.05) is 48.5 Å². The molecule has 0 radical (unpaired) electrons. The number of phenols is 1. The summed E-state index contributed by atoms with van der Waals surface area (Å²) >= 11 is 1.29. The van der Waals surface area contributed by atoms with Crippen molar-refractivity contribution < 1.29 is 14.6 Å². The molecule has 1 saturated heterocycles.